The smallest absolute Gasteiger partial charge is 0.233 e. The highest BCUT2D eigenvalue weighted by molar-refractivity contribution is 7.92. The van der Waals surface area contributed by atoms with Gasteiger partial charge >= 0.3 is 0 Å². The minimum Gasteiger partial charge on any atom is -0.331 e. The summed E-state index contributed by atoms with van der Waals surface area (Å²) in [5.41, 5.74) is -0.0951. The van der Waals surface area contributed by atoms with E-state index < -0.39 is 49.8 Å². The van der Waals surface area contributed by atoms with Crippen LogP contribution in [0.2, 0.25) is 10.0 Å². The van der Waals surface area contributed by atoms with Crippen LogP contribution in [0.5, 0.6) is 0 Å². The van der Waals surface area contributed by atoms with Crippen molar-refractivity contribution in [1.82, 2.24) is 4.90 Å². The van der Waals surface area contributed by atoms with Crippen molar-refractivity contribution in [2.75, 3.05) is 6.54 Å². The molecule has 2 aliphatic rings. The van der Waals surface area contributed by atoms with E-state index in [1.807, 2.05) is 13.8 Å². The quantitative estimate of drug-likeness (QED) is 0.160. The third kappa shape index (κ3) is 7.23. The highest BCUT2D eigenvalue weighted by Crippen LogP contribution is 2.51. The first-order valence-corrected chi connectivity index (χ1v) is 17.4. The van der Waals surface area contributed by atoms with Crippen molar-refractivity contribution in [3.8, 4) is 0 Å². The molecule has 0 aromatic heterocycles. The van der Waals surface area contributed by atoms with Crippen LogP contribution in [0.3, 0.4) is 0 Å². The first-order chi connectivity index (χ1) is 20.5. The molecule has 0 unspecified atom stereocenters. The molecule has 0 N–H and O–H groups in total. The summed E-state index contributed by atoms with van der Waals surface area (Å²) < 4.78 is 27.5. The van der Waals surface area contributed by atoms with Crippen molar-refractivity contribution in [3.63, 3.8) is 0 Å². The van der Waals surface area contributed by atoms with Crippen LogP contribution in [0.4, 0.5) is 0 Å². The van der Waals surface area contributed by atoms with Gasteiger partial charge in [0.2, 0.25) is 11.7 Å². The van der Waals surface area contributed by atoms with Gasteiger partial charge < -0.3 is 4.90 Å². The molecule has 1 heterocycles. The molecule has 232 valence electrons. The molecule has 1 saturated heterocycles. The Balaban J connectivity index is 1.63. The van der Waals surface area contributed by atoms with Gasteiger partial charge in [0.15, 0.2) is 21.4 Å². The molecule has 10 heteroatoms. The number of benzene rings is 2. The molecule has 2 fully saturated rings. The molecular weight excluding hydrogens is 609 g/mol. The van der Waals surface area contributed by atoms with Gasteiger partial charge in [-0.1, -0.05) is 80.6 Å². The van der Waals surface area contributed by atoms with Crippen LogP contribution < -0.4 is 0 Å². The predicted molar refractivity (Wildman–Crippen MR) is 167 cm³/mol. The van der Waals surface area contributed by atoms with Crippen LogP contribution in [0.15, 0.2) is 53.4 Å². The second-order valence-electron chi connectivity index (χ2n) is 11.8. The highest BCUT2D eigenvalue weighted by atomic mass is 35.5. The molecule has 0 bridgehead atoms. The third-order valence-electron chi connectivity index (χ3n) is 8.77. The Hall–Kier alpha value is -2.55. The van der Waals surface area contributed by atoms with Gasteiger partial charge in [-0.15, -0.1) is 0 Å². The van der Waals surface area contributed by atoms with Gasteiger partial charge in [-0.2, -0.15) is 0 Å². The van der Waals surface area contributed by atoms with Crippen molar-refractivity contribution >= 4 is 56.3 Å². The molecule has 1 saturated carbocycles. The van der Waals surface area contributed by atoms with Gasteiger partial charge in [-0.3, -0.25) is 19.2 Å². The Labute approximate surface area is 264 Å². The molecule has 4 rings (SSSR count). The standard InChI is InChI=1S/C33H39Cl2NO6S/c1-3-5-6-11-28(37)31(39)22(9-4-2)19-29(38)27-20-25(43(41,42)30-12-8-7-10-26(30)35)21-36(27)32(40)33(17-18-33)23-13-15-24(34)16-14-23/h7-8,10,12-16,22,25,27H,3-6,9,11,17-21H2,1-2H3/t22-,25-,27+/m1/s1. The van der Waals surface area contributed by atoms with Gasteiger partial charge in [-0.05, 0) is 61.9 Å². The van der Waals surface area contributed by atoms with Gasteiger partial charge in [-0.25, -0.2) is 8.42 Å². The predicted octanol–water partition coefficient (Wildman–Crippen LogP) is 6.56. The number of likely N-dealkylation sites (tertiary alicyclic amines) is 1. The van der Waals surface area contributed by atoms with Gasteiger partial charge in [0.05, 0.1) is 26.6 Å². The lowest BCUT2D eigenvalue weighted by atomic mass is 9.87. The maximum atomic E-state index is 14.2. The number of sulfone groups is 1. The number of ketones is 3. The fourth-order valence-corrected chi connectivity index (χ4v) is 8.49. The summed E-state index contributed by atoms with van der Waals surface area (Å²) in [5, 5.41) is -0.449. The molecule has 7 nitrogen and oxygen atoms in total. The number of halogens is 2. The maximum absolute atomic E-state index is 14.2. The summed E-state index contributed by atoms with van der Waals surface area (Å²) in [4.78, 5) is 55.3. The van der Waals surface area contributed by atoms with E-state index in [0.717, 1.165) is 18.4 Å². The second kappa shape index (κ2) is 14.0. The summed E-state index contributed by atoms with van der Waals surface area (Å²) in [6.45, 7) is 3.73. The fourth-order valence-electron chi connectivity index (χ4n) is 6.14. The summed E-state index contributed by atoms with van der Waals surface area (Å²) in [6, 6.07) is 12.1. The number of carbonyl (C=O) groups excluding carboxylic acids is 4. The normalized spacial score (nSPS) is 20.0. The number of nitrogens with zero attached hydrogens (tertiary/aromatic N) is 1. The zero-order chi connectivity index (χ0) is 31.4. The topological polar surface area (TPSA) is 106 Å². The number of hydrogen-bond acceptors (Lipinski definition) is 6. The van der Waals surface area contributed by atoms with Crippen LogP contribution >= 0.6 is 23.2 Å². The monoisotopic (exact) mass is 647 g/mol. The molecule has 3 atom stereocenters. The van der Waals surface area contributed by atoms with E-state index >= 15 is 0 Å². The lowest BCUT2D eigenvalue weighted by Crippen LogP contribution is -2.46. The average molecular weight is 649 g/mol. The first kappa shape index (κ1) is 33.3. The summed E-state index contributed by atoms with van der Waals surface area (Å²) in [5.74, 6) is -2.53. The highest BCUT2D eigenvalue weighted by Gasteiger charge is 2.57. The first-order valence-electron chi connectivity index (χ1n) is 15.1. The van der Waals surface area contributed by atoms with Crippen molar-refractivity contribution in [3.05, 3.63) is 64.1 Å². The second-order valence-corrected chi connectivity index (χ2v) is 14.8. The minimum atomic E-state index is -4.00. The van der Waals surface area contributed by atoms with Gasteiger partial charge in [0.1, 0.15) is 0 Å². The molecule has 2 aromatic carbocycles. The van der Waals surface area contributed by atoms with E-state index in [9.17, 15) is 27.6 Å². The van der Waals surface area contributed by atoms with E-state index in [4.69, 9.17) is 23.2 Å². The van der Waals surface area contributed by atoms with Gasteiger partial charge in [0, 0.05) is 30.3 Å². The largest absolute Gasteiger partial charge is 0.331 e. The molecular formula is C33H39Cl2NO6S. The molecule has 1 aliphatic carbocycles. The lowest BCUT2D eigenvalue weighted by molar-refractivity contribution is -0.142. The molecule has 43 heavy (non-hydrogen) atoms. The van der Waals surface area contributed by atoms with E-state index in [0.29, 0.717) is 37.1 Å². The Morgan fingerprint density at radius 1 is 0.953 bits per heavy atom. The van der Waals surface area contributed by atoms with E-state index in [1.54, 1.807) is 36.4 Å². The average Bonchev–Trinajstić information content (AvgIpc) is 3.66. The number of carbonyl (C=O) groups is 4. The lowest BCUT2D eigenvalue weighted by Gasteiger charge is -2.29. The van der Waals surface area contributed by atoms with Gasteiger partial charge in [0.25, 0.3) is 0 Å². The number of hydrogen-bond donors (Lipinski definition) is 0. The summed E-state index contributed by atoms with van der Waals surface area (Å²) >= 11 is 12.3. The SMILES string of the molecule is CCCCCC(=O)C(=O)[C@H](CCC)CC(=O)[C@@H]1C[C@@H](S(=O)(=O)c2ccccc2Cl)CN1C(=O)C1(c2ccc(Cl)cc2)CC1. The third-order valence-corrected chi connectivity index (χ3v) is 11.7. The van der Waals surface area contributed by atoms with Crippen LogP contribution in [-0.4, -0.2) is 54.4 Å². The molecule has 0 radical (unpaired) electrons. The number of Topliss-reactive ketones (excluding diaryl/α,β-unsaturated/α-hetero) is 3. The van der Waals surface area contributed by atoms with E-state index in [-0.39, 0.29) is 41.6 Å². The molecule has 1 aliphatic heterocycles. The van der Waals surface area contributed by atoms with E-state index in [1.165, 1.54) is 17.0 Å². The van der Waals surface area contributed by atoms with Crippen molar-refractivity contribution in [1.29, 1.82) is 0 Å². The van der Waals surface area contributed by atoms with Crippen LogP contribution in [0.1, 0.15) is 83.6 Å². The number of amides is 1. The fraction of sp³-hybridized carbons (Fsp3) is 0.515. The Morgan fingerprint density at radius 3 is 2.23 bits per heavy atom. The van der Waals surface area contributed by atoms with Crippen molar-refractivity contribution in [2.45, 2.75) is 99.7 Å². The minimum absolute atomic E-state index is 0.0438. The van der Waals surface area contributed by atoms with E-state index in [2.05, 4.69) is 0 Å². The molecule has 0 spiro atoms. The number of rotatable bonds is 15. The zero-order valence-electron chi connectivity index (χ0n) is 24.7. The maximum Gasteiger partial charge on any atom is 0.233 e. The summed E-state index contributed by atoms with van der Waals surface area (Å²) in [6.07, 6.45) is 4.30. The molecule has 2 aromatic rings. The van der Waals surface area contributed by atoms with Crippen LogP contribution in [0.25, 0.3) is 0 Å². The number of unbranched alkanes of at least 4 members (excludes halogenated alkanes) is 2. The van der Waals surface area contributed by atoms with Crippen LogP contribution in [0, 0.1) is 5.92 Å². The molecule has 1 amide bonds. The van der Waals surface area contributed by atoms with Crippen molar-refractivity contribution in [2.24, 2.45) is 5.92 Å². The Kier molecular flexibility index (Phi) is 10.9. The van der Waals surface area contributed by atoms with Crippen molar-refractivity contribution < 1.29 is 27.6 Å². The summed E-state index contributed by atoms with van der Waals surface area (Å²) in [7, 11) is -4.00. The Morgan fingerprint density at radius 2 is 1.63 bits per heavy atom. The zero-order valence-corrected chi connectivity index (χ0v) is 27.0. The van der Waals surface area contributed by atoms with Crippen LogP contribution in [-0.2, 0) is 34.4 Å². The Bertz CT molecular complexity index is 1470.